The molecule has 1 atom stereocenters. The number of nitrogens with zero attached hydrogens (tertiary/aromatic N) is 3. The average Bonchev–Trinajstić information content (AvgIpc) is 2.89. The summed E-state index contributed by atoms with van der Waals surface area (Å²) in [5.41, 5.74) is 2.43. The molecule has 0 saturated heterocycles. The van der Waals surface area contributed by atoms with E-state index in [0.29, 0.717) is 11.5 Å². The lowest BCUT2D eigenvalue weighted by molar-refractivity contribution is 0.220. The Kier molecular flexibility index (Phi) is 2.64. The van der Waals surface area contributed by atoms with Crippen LogP contribution in [0.15, 0.2) is 43.0 Å². The number of hydrogen-bond donors (Lipinski definition) is 1. The van der Waals surface area contributed by atoms with Gasteiger partial charge < -0.3 is 9.72 Å². The van der Waals surface area contributed by atoms with E-state index in [1.807, 2.05) is 37.3 Å². The first-order valence-corrected chi connectivity index (χ1v) is 5.70. The highest BCUT2D eigenvalue weighted by atomic mass is 16.5. The summed E-state index contributed by atoms with van der Waals surface area (Å²) in [6.07, 6.45) is 2.96. The molecule has 0 aliphatic carbocycles. The maximum Gasteiger partial charge on any atom is 0.243 e. The zero-order valence-corrected chi connectivity index (χ0v) is 9.87. The van der Waals surface area contributed by atoms with Gasteiger partial charge in [0.1, 0.15) is 17.9 Å². The topological polar surface area (TPSA) is 63.7 Å². The summed E-state index contributed by atoms with van der Waals surface area (Å²) in [5.74, 6) is 0.522. The number of benzene rings is 1. The van der Waals surface area contributed by atoms with Gasteiger partial charge in [0, 0.05) is 0 Å². The summed E-state index contributed by atoms with van der Waals surface area (Å²) in [6.45, 7) is 1.99. The van der Waals surface area contributed by atoms with Crippen LogP contribution in [-0.2, 0) is 0 Å². The van der Waals surface area contributed by atoms with E-state index in [1.165, 1.54) is 6.33 Å². The minimum atomic E-state index is -0.0763. The van der Waals surface area contributed by atoms with E-state index in [9.17, 15) is 0 Å². The first-order valence-electron chi connectivity index (χ1n) is 5.70. The third kappa shape index (κ3) is 1.90. The maximum atomic E-state index is 5.85. The third-order valence-electron chi connectivity index (χ3n) is 2.75. The molecule has 5 nitrogen and oxygen atoms in total. The van der Waals surface area contributed by atoms with E-state index < -0.39 is 0 Å². The number of fused-ring (bicyclic) bond motifs is 1. The molecule has 0 bridgehead atoms. The van der Waals surface area contributed by atoms with Crippen molar-refractivity contribution in [1.82, 2.24) is 19.9 Å². The summed E-state index contributed by atoms with van der Waals surface area (Å²) >= 11 is 0. The molecule has 3 aromatic rings. The average molecular weight is 240 g/mol. The maximum absolute atomic E-state index is 5.85. The van der Waals surface area contributed by atoms with Crippen LogP contribution in [-0.4, -0.2) is 19.9 Å². The molecule has 0 aliphatic rings. The Labute approximate surface area is 104 Å². The first-order chi connectivity index (χ1) is 8.84. The second kappa shape index (κ2) is 4.44. The number of hydrogen-bond acceptors (Lipinski definition) is 4. The molecule has 1 unspecified atom stereocenters. The predicted molar refractivity (Wildman–Crippen MR) is 67.2 cm³/mol. The van der Waals surface area contributed by atoms with Crippen LogP contribution < -0.4 is 4.74 Å². The standard InChI is InChI=1S/C13H12N4O/c1-9(10-5-3-2-4-6-10)18-13-11-12(15-7-14-11)16-8-17-13/h2-9H,1H3,(H,14,15,16,17). The Hall–Kier alpha value is -2.43. The van der Waals surface area contributed by atoms with Gasteiger partial charge in [-0.3, -0.25) is 0 Å². The number of aromatic nitrogens is 4. The van der Waals surface area contributed by atoms with Gasteiger partial charge in [0.2, 0.25) is 5.88 Å². The van der Waals surface area contributed by atoms with E-state index in [1.54, 1.807) is 6.33 Å². The highest BCUT2D eigenvalue weighted by Gasteiger charge is 2.12. The Morgan fingerprint density at radius 1 is 1.11 bits per heavy atom. The van der Waals surface area contributed by atoms with E-state index in [0.717, 1.165) is 11.1 Å². The molecule has 2 heterocycles. The number of nitrogens with one attached hydrogen (secondary N) is 1. The van der Waals surface area contributed by atoms with Gasteiger partial charge in [-0.2, -0.15) is 4.98 Å². The Bertz CT molecular complexity index is 650. The second-order valence-electron chi connectivity index (χ2n) is 3.95. The fourth-order valence-electron chi connectivity index (χ4n) is 1.79. The number of ether oxygens (including phenoxy) is 1. The van der Waals surface area contributed by atoms with Gasteiger partial charge in [-0.1, -0.05) is 30.3 Å². The van der Waals surface area contributed by atoms with Crippen molar-refractivity contribution in [2.24, 2.45) is 0 Å². The van der Waals surface area contributed by atoms with Crippen molar-refractivity contribution in [2.75, 3.05) is 0 Å². The molecule has 18 heavy (non-hydrogen) atoms. The van der Waals surface area contributed by atoms with Gasteiger partial charge in [-0.05, 0) is 12.5 Å². The van der Waals surface area contributed by atoms with Crippen LogP contribution >= 0.6 is 0 Å². The van der Waals surface area contributed by atoms with Gasteiger partial charge >= 0.3 is 0 Å². The summed E-state index contributed by atoms with van der Waals surface area (Å²) < 4.78 is 5.85. The van der Waals surface area contributed by atoms with E-state index in [4.69, 9.17) is 4.74 Å². The van der Waals surface area contributed by atoms with Crippen LogP contribution in [0.1, 0.15) is 18.6 Å². The molecule has 0 radical (unpaired) electrons. The number of aromatic amines is 1. The molecule has 0 fully saturated rings. The lowest BCUT2D eigenvalue weighted by atomic mass is 10.1. The third-order valence-corrected chi connectivity index (χ3v) is 2.75. The van der Waals surface area contributed by atoms with Crippen LogP contribution in [0.25, 0.3) is 11.2 Å². The number of H-pyrrole nitrogens is 1. The van der Waals surface area contributed by atoms with Crippen LogP contribution in [0.5, 0.6) is 5.88 Å². The van der Waals surface area contributed by atoms with Crippen LogP contribution in [0.4, 0.5) is 0 Å². The number of rotatable bonds is 3. The van der Waals surface area contributed by atoms with Crippen molar-refractivity contribution in [3.63, 3.8) is 0 Å². The van der Waals surface area contributed by atoms with Crippen molar-refractivity contribution in [1.29, 1.82) is 0 Å². The van der Waals surface area contributed by atoms with Crippen LogP contribution in [0, 0.1) is 0 Å². The zero-order chi connectivity index (χ0) is 12.4. The van der Waals surface area contributed by atoms with Gasteiger partial charge in [-0.25, -0.2) is 9.97 Å². The molecule has 0 amide bonds. The summed E-state index contributed by atoms with van der Waals surface area (Å²) in [7, 11) is 0. The largest absolute Gasteiger partial charge is 0.468 e. The minimum absolute atomic E-state index is 0.0763. The molecule has 1 N–H and O–H groups in total. The molecule has 3 rings (SSSR count). The van der Waals surface area contributed by atoms with Crippen molar-refractivity contribution in [2.45, 2.75) is 13.0 Å². The predicted octanol–water partition coefficient (Wildman–Crippen LogP) is 2.49. The summed E-state index contributed by atoms with van der Waals surface area (Å²) in [6, 6.07) is 10.0. The molecule has 2 aromatic heterocycles. The summed E-state index contributed by atoms with van der Waals surface area (Å²) in [4.78, 5) is 15.2. The quantitative estimate of drug-likeness (QED) is 0.764. The first kappa shape index (κ1) is 10.7. The Morgan fingerprint density at radius 3 is 2.78 bits per heavy atom. The smallest absolute Gasteiger partial charge is 0.243 e. The van der Waals surface area contributed by atoms with E-state index in [2.05, 4.69) is 19.9 Å². The SMILES string of the molecule is CC(Oc1ncnc2nc[nH]c12)c1ccccc1. The van der Waals surface area contributed by atoms with Crippen molar-refractivity contribution in [3.05, 3.63) is 48.5 Å². The summed E-state index contributed by atoms with van der Waals surface area (Å²) in [5, 5.41) is 0. The molecule has 5 heteroatoms. The van der Waals surface area contributed by atoms with Gasteiger partial charge in [0.05, 0.1) is 6.33 Å². The molecule has 0 aliphatic heterocycles. The second-order valence-corrected chi connectivity index (χ2v) is 3.95. The lowest BCUT2D eigenvalue weighted by Crippen LogP contribution is -2.04. The van der Waals surface area contributed by atoms with Crippen molar-refractivity contribution in [3.8, 4) is 5.88 Å². The normalized spacial score (nSPS) is 12.5. The van der Waals surface area contributed by atoms with Crippen molar-refractivity contribution >= 4 is 11.2 Å². The van der Waals surface area contributed by atoms with E-state index >= 15 is 0 Å². The fraction of sp³-hybridized carbons (Fsp3) is 0.154. The van der Waals surface area contributed by atoms with E-state index in [-0.39, 0.29) is 6.10 Å². The van der Waals surface area contributed by atoms with Gasteiger partial charge in [-0.15, -0.1) is 0 Å². The van der Waals surface area contributed by atoms with Crippen LogP contribution in [0.2, 0.25) is 0 Å². The molecule has 90 valence electrons. The van der Waals surface area contributed by atoms with Gasteiger partial charge in [0.15, 0.2) is 5.65 Å². The molecular weight excluding hydrogens is 228 g/mol. The van der Waals surface area contributed by atoms with Crippen molar-refractivity contribution < 1.29 is 4.74 Å². The highest BCUT2D eigenvalue weighted by molar-refractivity contribution is 5.74. The molecule has 1 aromatic carbocycles. The number of imidazole rings is 1. The minimum Gasteiger partial charge on any atom is -0.468 e. The Balaban J connectivity index is 1.91. The molecule has 0 saturated carbocycles. The fourth-order valence-corrected chi connectivity index (χ4v) is 1.79. The highest BCUT2D eigenvalue weighted by Crippen LogP contribution is 2.23. The zero-order valence-electron chi connectivity index (χ0n) is 9.87. The Morgan fingerprint density at radius 2 is 1.94 bits per heavy atom. The lowest BCUT2D eigenvalue weighted by Gasteiger charge is -2.14. The molecule has 0 spiro atoms. The van der Waals surface area contributed by atoms with Crippen LogP contribution in [0.3, 0.4) is 0 Å². The molecular formula is C13H12N4O. The monoisotopic (exact) mass is 240 g/mol. The van der Waals surface area contributed by atoms with Gasteiger partial charge in [0.25, 0.3) is 0 Å².